The molecular formula is C22H24N2O6. The Labute approximate surface area is 174 Å². The van der Waals surface area contributed by atoms with Crippen molar-refractivity contribution < 1.29 is 29.0 Å². The second kappa shape index (κ2) is 9.62. The highest BCUT2D eigenvalue weighted by Crippen LogP contribution is 2.27. The molecule has 1 atom stereocenters. The van der Waals surface area contributed by atoms with Crippen molar-refractivity contribution in [2.45, 2.75) is 12.3 Å². The van der Waals surface area contributed by atoms with Gasteiger partial charge < -0.3 is 24.8 Å². The van der Waals surface area contributed by atoms with Gasteiger partial charge in [0.15, 0.2) is 18.1 Å². The molecule has 0 saturated carbocycles. The van der Waals surface area contributed by atoms with Gasteiger partial charge in [-0.3, -0.25) is 14.4 Å². The minimum Gasteiger partial charge on any atom is -0.388 e. The summed E-state index contributed by atoms with van der Waals surface area (Å²) in [4.78, 5) is 37.7. The molecule has 1 aliphatic rings. The van der Waals surface area contributed by atoms with Gasteiger partial charge >= 0.3 is 0 Å². The first-order valence-electron chi connectivity index (χ1n) is 9.52. The zero-order valence-corrected chi connectivity index (χ0v) is 16.8. The quantitative estimate of drug-likeness (QED) is 0.661. The van der Waals surface area contributed by atoms with E-state index in [-0.39, 0.29) is 6.29 Å². The van der Waals surface area contributed by atoms with Gasteiger partial charge in [0, 0.05) is 25.2 Å². The molecule has 2 aromatic rings. The van der Waals surface area contributed by atoms with E-state index in [9.17, 15) is 14.4 Å². The van der Waals surface area contributed by atoms with E-state index in [2.05, 4.69) is 5.32 Å². The minimum atomic E-state index is -1.39. The van der Waals surface area contributed by atoms with Crippen molar-refractivity contribution in [1.29, 1.82) is 0 Å². The largest absolute Gasteiger partial charge is 0.388 e. The molecular weight excluding hydrogens is 388 g/mol. The van der Waals surface area contributed by atoms with Crippen LogP contribution >= 0.6 is 0 Å². The number of ketones is 1. The van der Waals surface area contributed by atoms with Crippen LogP contribution in [0.4, 0.5) is 0 Å². The van der Waals surface area contributed by atoms with Crippen LogP contribution in [0.15, 0.2) is 48.5 Å². The average molecular weight is 412 g/mol. The number of carbonyl (C=O) groups excluding carboxylic acids is 3. The number of amides is 2. The molecule has 1 saturated heterocycles. The Morgan fingerprint density at radius 3 is 2.07 bits per heavy atom. The summed E-state index contributed by atoms with van der Waals surface area (Å²) in [5.74, 6) is -1.91. The normalized spacial score (nSPS) is 14.9. The number of aliphatic hydroxyl groups is 1. The van der Waals surface area contributed by atoms with Crippen molar-refractivity contribution in [3.63, 3.8) is 0 Å². The number of benzene rings is 2. The molecule has 0 aliphatic carbocycles. The van der Waals surface area contributed by atoms with Crippen LogP contribution in [0.2, 0.25) is 0 Å². The number of aliphatic hydroxyl groups excluding tert-OH is 1. The second-order valence-corrected chi connectivity index (χ2v) is 6.83. The average Bonchev–Trinajstić information content (AvgIpc) is 3.33. The fourth-order valence-corrected chi connectivity index (χ4v) is 3.27. The van der Waals surface area contributed by atoms with Gasteiger partial charge in [-0.2, -0.15) is 0 Å². The Kier molecular flexibility index (Phi) is 6.94. The predicted octanol–water partition coefficient (Wildman–Crippen LogP) is 1.15. The van der Waals surface area contributed by atoms with Crippen LogP contribution in [-0.2, 0) is 19.1 Å². The van der Waals surface area contributed by atoms with Gasteiger partial charge in [0.1, 0.15) is 6.61 Å². The SMILES string of the molecule is CNC(=O)C(C(=O)CO)N(C)C(=O)c1ccc(-c2ccc(C3OCCO3)cc2)cc1. The lowest BCUT2D eigenvalue weighted by atomic mass is 10.0. The van der Waals surface area contributed by atoms with E-state index in [1.165, 1.54) is 14.1 Å². The van der Waals surface area contributed by atoms with Gasteiger partial charge in [0.25, 0.3) is 5.91 Å². The molecule has 0 aromatic heterocycles. The Hall–Kier alpha value is -3.07. The summed E-state index contributed by atoms with van der Waals surface area (Å²) in [7, 11) is 2.72. The van der Waals surface area contributed by atoms with Crippen molar-refractivity contribution in [2.24, 2.45) is 0 Å². The van der Waals surface area contributed by atoms with Crippen LogP contribution in [0.1, 0.15) is 22.2 Å². The topological polar surface area (TPSA) is 105 Å². The summed E-state index contributed by atoms with van der Waals surface area (Å²) in [6.45, 7) is 0.337. The Bertz CT molecular complexity index is 888. The van der Waals surface area contributed by atoms with E-state index in [1.54, 1.807) is 24.3 Å². The lowest BCUT2D eigenvalue weighted by Gasteiger charge is -2.25. The number of rotatable bonds is 7. The van der Waals surface area contributed by atoms with Crippen LogP contribution in [0.3, 0.4) is 0 Å². The maximum atomic E-state index is 12.8. The van der Waals surface area contributed by atoms with Gasteiger partial charge in [-0.05, 0) is 23.3 Å². The lowest BCUT2D eigenvalue weighted by Crippen LogP contribution is -2.52. The number of Topliss-reactive ketones (excluding diaryl/α,β-unsaturated/α-hetero) is 1. The number of likely N-dealkylation sites (N-methyl/N-ethyl adjacent to an activating group) is 2. The molecule has 1 unspecified atom stereocenters. The Morgan fingerprint density at radius 2 is 1.57 bits per heavy atom. The van der Waals surface area contributed by atoms with Gasteiger partial charge in [0.2, 0.25) is 5.91 Å². The summed E-state index contributed by atoms with van der Waals surface area (Å²) in [5, 5.41) is 11.5. The molecule has 8 heteroatoms. The molecule has 1 heterocycles. The molecule has 1 aliphatic heterocycles. The van der Waals surface area contributed by atoms with Crippen molar-refractivity contribution >= 4 is 17.6 Å². The fourth-order valence-electron chi connectivity index (χ4n) is 3.27. The summed E-state index contributed by atoms with van der Waals surface area (Å²) >= 11 is 0. The molecule has 1 fully saturated rings. The number of hydrogen-bond donors (Lipinski definition) is 2. The third-order valence-corrected chi connectivity index (χ3v) is 4.93. The molecule has 2 N–H and O–H groups in total. The fraction of sp³-hybridized carbons (Fsp3) is 0.318. The summed E-state index contributed by atoms with van der Waals surface area (Å²) < 4.78 is 11.0. The minimum absolute atomic E-state index is 0.324. The molecule has 0 radical (unpaired) electrons. The Balaban J connectivity index is 1.74. The third kappa shape index (κ3) is 4.56. The highest BCUT2D eigenvalue weighted by Gasteiger charge is 2.32. The van der Waals surface area contributed by atoms with E-state index >= 15 is 0 Å². The highest BCUT2D eigenvalue weighted by atomic mass is 16.7. The first-order chi connectivity index (χ1) is 14.5. The molecule has 2 aromatic carbocycles. The van der Waals surface area contributed by atoms with E-state index in [1.807, 2.05) is 24.3 Å². The van der Waals surface area contributed by atoms with Crippen molar-refractivity contribution in [3.05, 3.63) is 59.7 Å². The third-order valence-electron chi connectivity index (χ3n) is 4.93. The molecule has 8 nitrogen and oxygen atoms in total. The lowest BCUT2D eigenvalue weighted by molar-refractivity contribution is -0.135. The van der Waals surface area contributed by atoms with Crippen molar-refractivity contribution in [2.75, 3.05) is 33.9 Å². The number of nitrogens with zero attached hydrogens (tertiary/aromatic N) is 1. The van der Waals surface area contributed by atoms with Gasteiger partial charge in [-0.1, -0.05) is 36.4 Å². The highest BCUT2D eigenvalue weighted by molar-refractivity contribution is 6.10. The number of carbonyl (C=O) groups is 3. The van der Waals surface area contributed by atoms with Crippen LogP contribution in [0.5, 0.6) is 0 Å². The first kappa shape index (κ1) is 21.6. The summed E-state index contributed by atoms with van der Waals surface area (Å²) in [5.41, 5.74) is 3.13. The van der Waals surface area contributed by atoms with Crippen LogP contribution in [0, 0.1) is 0 Å². The first-order valence-corrected chi connectivity index (χ1v) is 9.52. The summed E-state index contributed by atoms with van der Waals surface area (Å²) in [6.07, 6.45) is -0.329. The molecule has 0 bridgehead atoms. The van der Waals surface area contributed by atoms with Crippen molar-refractivity contribution in [3.8, 4) is 11.1 Å². The number of hydrogen-bond acceptors (Lipinski definition) is 6. The maximum absolute atomic E-state index is 12.8. The molecule has 0 spiro atoms. The van der Waals surface area contributed by atoms with Crippen LogP contribution in [-0.4, -0.2) is 67.6 Å². The number of ether oxygens (including phenoxy) is 2. The summed E-state index contributed by atoms with van der Waals surface area (Å²) in [6, 6.07) is 13.2. The molecule has 158 valence electrons. The van der Waals surface area contributed by atoms with Crippen LogP contribution in [0.25, 0.3) is 11.1 Å². The zero-order valence-electron chi connectivity index (χ0n) is 16.8. The van der Waals surface area contributed by atoms with Gasteiger partial charge in [-0.15, -0.1) is 0 Å². The smallest absolute Gasteiger partial charge is 0.254 e. The van der Waals surface area contributed by atoms with E-state index < -0.39 is 30.2 Å². The van der Waals surface area contributed by atoms with Crippen LogP contribution < -0.4 is 5.32 Å². The maximum Gasteiger partial charge on any atom is 0.254 e. The monoisotopic (exact) mass is 412 g/mol. The van der Waals surface area contributed by atoms with Gasteiger partial charge in [-0.25, -0.2) is 0 Å². The van der Waals surface area contributed by atoms with E-state index in [4.69, 9.17) is 14.6 Å². The van der Waals surface area contributed by atoms with E-state index in [0.29, 0.717) is 18.8 Å². The zero-order chi connectivity index (χ0) is 21.7. The molecule has 30 heavy (non-hydrogen) atoms. The second-order valence-electron chi connectivity index (χ2n) is 6.83. The Morgan fingerprint density at radius 1 is 1.03 bits per heavy atom. The van der Waals surface area contributed by atoms with Gasteiger partial charge in [0.05, 0.1) is 13.2 Å². The standard InChI is InChI=1S/C22H24N2O6/c1-23-20(27)19(18(26)13-25)24(2)21(28)16-7-3-14(4-8-16)15-5-9-17(10-6-15)22-29-11-12-30-22/h3-10,19,22,25H,11-13H2,1-2H3,(H,23,27). The van der Waals surface area contributed by atoms with E-state index in [0.717, 1.165) is 21.6 Å². The van der Waals surface area contributed by atoms with Crippen molar-refractivity contribution in [1.82, 2.24) is 10.2 Å². The number of nitrogens with one attached hydrogen (secondary N) is 1. The molecule has 3 rings (SSSR count). The molecule has 2 amide bonds. The predicted molar refractivity (Wildman–Crippen MR) is 109 cm³/mol.